The molecule has 0 aliphatic heterocycles. The van der Waals surface area contributed by atoms with Crippen LogP contribution in [0.5, 0.6) is 0 Å². The molecule has 0 aliphatic carbocycles. The van der Waals surface area contributed by atoms with Crippen LogP contribution in [0.4, 0.5) is 0 Å². The van der Waals surface area contributed by atoms with Gasteiger partial charge in [-0.15, -0.1) is 0 Å². The predicted octanol–water partition coefficient (Wildman–Crippen LogP) is -0.241. The zero-order valence-electron chi connectivity index (χ0n) is 9.78. The summed E-state index contributed by atoms with van der Waals surface area (Å²) in [5.41, 5.74) is 0. The molecular weight excluding hydrogens is 282 g/mol. The summed E-state index contributed by atoms with van der Waals surface area (Å²) in [6.07, 6.45) is 2.30. The van der Waals surface area contributed by atoms with E-state index in [0.717, 1.165) is 16.7 Å². The number of ether oxygens (including phenoxy) is 1. The number of likely N-dealkylation sites (N-methyl/N-ethyl adjacent to an activating group) is 1. The minimum Gasteiger partial charge on any atom is -0.394 e. The number of halogens is 1. The molecule has 18 heavy (non-hydrogen) atoms. The number of nitrogens with zero attached hydrogens (tertiary/aromatic N) is 3. The van der Waals surface area contributed by atoms with E-state index >= 15 is 0 Å². The molecule has 1 heterocycles. The smallest absolute Gasteiger partial charge is 0.245 e. The molecule has 1 N–H and O–H groups in total. The first-order valence-electron chi connectivity index (χ1n) is 5.11. The minimum atomic E-state index is -3.64. The maximum absolute atomic E-state index is 12.0. The summed E-state index contributed by atoms with van der Waals surface area (Å²) >= 11 is 5.49. The van der Waals surface area contributed by atoms with Crippen molar-refractivity contribution in [3.63, 3.8) is 0 Å². The fourth-order valence-electron chi connectivity index (χ4n) is 1.09. The Kier molecular flexibility index (Phi) is 5.89. The van der Waals surface area contributed by atoms with Crippen molar-refractivity contribution >= 4 is 21.6 Å². The number of aliphatic hydroxyl groups is 1. The molecule has 1 rings (SSSR count). The van der Waals surface area contributed by atoms with Gasteiger partial charge >= 0.3 is 0 Å². The van der Waals surface area contributed by atoms with Crippen molar-refractivity contribution in [2.24, 2.45) is 0 Å². The molecule has 102 valence electrons. The third-order valence-corrected chi connectivity index (χ3v) is 4.10. The molecule has 0 atom stereocenters. The van der Waals surface area contributed by atoms with E-state index in [4.69, 9.17) is 21.4 Å². The van der Waals surface area contributed by atoms with Crippen molar-refractivity contribution < 1.29 is 18.3 Å². The lowest BCUT2D eigenvalue weighted by Gasteiger charge is -2.16. The average Bonchev–Trinajstić information content (AvgIpc) is 2.35. The van der Waals surface area contributed by atoms with E-state index in [1.165, 1.54) is 7.05 Å². The Morgan fingerprint density at radius 2 is 2.00 bits per heavy atom. The van der Waals surface area contributed by atoms with Gasteiger partial charge in [0.1, 0.15) is 4.90 Å². The number of rotatable bonds is 7. The lowest BCUT2D eigenvalue weighted by atomic mass is 10.7. The van der Waals surface area contributed by atoms with E-state index in [9.17, 15) is 8.42 Å². The molecule has 1 aromatic rings. The van der Waals surface area contributed by atoms with Gasteiger partial charge < -0.3 is 9.84 Å². The Morgan fingerprint density at radius 3 is 2.56 bits per heavy atom. The molecular formula is C9H14ClN3O4S. The SMILES string of the molecule is CN(CCOCCO)S(=O)(=O)c1cnc(Cl)nc1. The molecule has 0 aliphatic rings. The maximum atomic E-state index is 12.0. The van der Waals surface area contributed by atoms with Crippen LogP contribution in [0.15, 0.2) is 17.3 Å². The number of aromatic nitrogens is 2. The van der Waals surface area contributed by atoms with Crippen LogP contribution < -0.4 is 0 Å². The minimum absolute atomic E-state index is 0.0112. The van der Waals surface area contributed by atoms with Gasteiger partial charge in [0.2, 0.25) is 15.3 Å². The first-order valence-corrected chi connectivity index (χ1v) is 6.93. The van der Waals surface area contributed by atoms with Gasteiger partial charge in [0, 0.05) is 13.6 Å². The zero-order valence-corrected chi connectivity index (χ0v) is 11.4. The van der Waals surface area contributed by atoms with Crippen LogP contribution in [0.1, 0.15) is 0 Å². The van der Waals surface area contributed by atoms with E-state index < -0.39 is 10.0 Å². The quantitative estimate of drug-likeness (QED) is 0.551. The Labute approximate surface area is 110 Å². The fraction of sp³-hybridized carbons (Fsp3) is 0.556. The van der Waals surface area contributed by atoms with Crippen LogP contribution in [0.3, 0.4) is 0 Å². The molecule has 9 heteroatoms. The Morgan fingerprint density at radius 1 is 1.39 bits per heavy atom. The molecule has 0 spiro atoms. The standard InChI is InChI=1S/C9H14ClN3O4S/c1-13(2-4-17-5-3-14)18(15,16)8-6-11-9(10)12-7-8/h6-7,14H,2-5H2,1H3. The summed E-state index contributed by atoms with van der Waals surface area (Å²) in [4.78, 5) is 7.21. The van der Waals surface area contributed by atoms with Gasteiger partial charge in [0.15, 0.2) is 0 Å². The molecule has 1 aromatic heterocycles. The highest BCUT2D eigenvalue weighted by atomic mass is 35.5. The molecule has 0 amide bonds. The third-order valence-electron chi connectivity index (χ3n) is 2.09. The van der Waals surface area contributed by atoms with Gasteiger partial charge in [-0.3, -0.25) is 0 Å². The van der Waals surface area contributed by atoms with E-state index in [1.807, 2.05) is 0 Å². The lowest BCUT2D eigenvalue weighted by molar-refractivity contribution is 0.0876. The summed E-state index contributed by atoms with van der Waals surface area (Å²) in [6.45, 7) is 0.454. The van der Waals surface area contributed by atoms with Gasteiger partial charge in [-0.1, -0.05) is 0 Å². The van der Waals surface area contributed by atoms with Crippen molar-refractivity contribution in [1.82, 2.24) is 14.3 Å². The van der Waals surface area contributed by atoms with Gasteiger partial charge in [-0.25, -0.2) is 18.4 Å². The fourth-order valence-corrected chi connectivity index (χ4v) is 2.24. The molecule has 7 nitrogen and oxygen atoms in total. The van der Waals surface area contributed by atoms with E-state index in [2.05, 4.69) is 9.97 Å². The molecule has 0 radical (unpaired) electrons. The topological polar surface area (TPSA) is 92.6 Å². The molecule has 0 unspecified atom stereocenters. The number of aliphatic hydroxyl groups excluding tert-OH is 1. The summed E-state index contributed by atoms with van der Waals surface area (Å²) in [7, 11) is -2.21. The van der Waals surface area contributed by atoms with Crippen LogP contribution in [0.25, 0.3) is 0 Å². The Balaban J connectivity index is 2.65. The monoisotopic (exact) mass is 295 g/mol. The lowest BCUT2D eigenvalue weighted by Crippen LogP contribution is -2.30. The Hall–Kier alpha value is -0.800. The molecule has 0 aromatic carbocycles. The second-order valence-corrected chi connectivity index (χ2v) is 5.73. The van der Waals surface area contributed by atoms with Gasteiger partial charge in [0.05, 0.1) is 32.2 Å². The number of hydrogen-bond donors (Lipinski definition) is 1. The maximum Gasteiger partial charge on any atom is 0.245 e. The van der Waals surface area contributed by atoms with Crippen molar-refractivity contribution in [3.8, 4) is 0 Å². The van der Waals surface area contributed by atoms with Crippen LogP contribution >= 0.6 is 11.6 Å². The van der Waals surface area contributed by atoms with Crippen LogP contribution in [-0.4, -0.2) is 61.2 Å². The molecule has 0 fully saturated rings. The van der Waals surface area contributed by atoms with Crippen LogP contribution in [-0.2, 0) is 14.8 Å². The van der Waals surface area contributed by atoms with E-state index in [0.29, 0.717) is 0 Å². The number of sulfonamides is 1. The second-order valence-electron chi connectivity index (χ2n) is 3.35. The van der Waals surface area contributed by atoms with Crippen molar-refractivity contribution in [1.29, 1.82) is 0 Å². The van der Waals surface area contributed by atoms with Crippen LogP contribution in [0, 0.1) is 0 Å². The summed E-state index contributed by atoms with van der Waals surface area (Å²) < 4.78 is 30.1. The van der Waals surface area contributed by atoms with Crippen LogP contribution in [0.2, 0.25) is 5.28 Å². The first kappa shape index (κ1) is 15.3. The normalized spacial score (nSPS) is 12.0. The summed E-state index contributed by atoms with van der Waals surface area (Å²) in [5.74, 6) is 0. The van der Waals surface area contributed by atoms with Gasteiger partial charge in [-0.2, -0.15) is 4.31 Å². The second kappa shape index (κ2) is 6.95. The molecule has 0 saturated heterocycles. The summed E-state index contributed by atoms with van der Waals surface area (Å²) in [6, 6.07) is 0. The van der Waals surface area contributed by atoms with Gasteiger partial charge in [0.25, 0.3) is 0 Å². The van der Waals surface area contributed by atoms with Crippen molar-refractivity contribution in [2.45, 2.75) is 4.90 Å². The summed E-state index contributed by atoms with van der Waals surface area (Å²) in [5, 5.41) is 8.50. The van der Waals surface area contributed by atoms with E-state index in [1.54, 1.807) is 0 Å². The van der Waals surface area contributed by atoms with Gasteiger partial charge in [-0.05, 0) is 11.6 Å². The third kappa shape index (κ3) is 4.14. The van der Waals surface area contributed by atoms with Crippen molar-refractivity contribution in [2.75, 3.05) is 33.4 Å². The predicted molar refractivity (Wildman–Crippen MR) is 64.8 cm³/mol. The highest BCUT2D eigenvalue weighted by molar-refractivity contribution is 7.89. The number of hydrogen-bond acceptors (Lipinski definition) is 6. The Bertz CT molecular complexity index is 465. The average molecular weight is 296 g/mol. The molecule has 0 bridgehead atoms. The van der Waals surface area contributed by atoms with E-state index in [-0.39, 0.29) is 36.5 Å². The largest absolute Gasteiger partial charge is 0.394 e. The zero-order chi connectivity index (χ0) is 13.6. The highest BCUT2D eigenvalue weighted by Crippen LogP contribution is 2.12. The van der Waals surface area contributed by atoms with Crippen molar-refractivity contribution in [3.05, 3.63) is 17.7 Å². The highest BCUT2D eigenvalue weighted by Gasteiger charge is 2.21. The molecule has 0 saturated carbocycles. The first-order chi connectivity index (χ1) is 8.48.